The molecule has 0 spiro atoms. The van der Waals surface area contributed by atoms with E-state index in [2.05, 4.69) is 22.1 Å². The second-order valence-electron chi connectivity index (χ2n) is 6.82. The quantitative estimate of drug-likeness (QED) is 0.811. The van der Waals surface area contributed by atoms with E-state index in [9.17, 15) is 4.79 Å². The largest absolute Gasteiger partial charge is 0.444 e. The number of amides is 1. The molecule has 1 fully saturated rings. The SMILES string of the molecule is Cc1ncc2ccc(C3CN(C(=O)OC(C)(C)C)C3)cc2n1. The Labute approximate surface area is 130 Å². The topological polar surface area (TPSA) is 55.3 Å². The first kappa shape index (κ1) is 14.8. The molecule has 1 aromatic carbocycles. The molecule has 2 heterocycles. The number of carbonyl (C=O) groups excluding carboxylic acids is 1. The molecule has 0 aliphatic carbocycles. The van der Waals surface area contributed by atoms with E-state index < -0.39 is 5.60 Å². The molecule has 0 atom stereocenters. The molecule has 2 aromatic rings. The lowest BCUT2D eigenvalue weighted by Crippen LogP contribution is -2.50. The zero-order chi connectivity index (χ0) is 15.9. The number of nitrogens with zero attached hydrogens (tertiary/aromatic N) is 3. The highest BCUT2D eigenvalue weighted by Crippen LogP contribution is 2.30. The van der Waals surface area contributed by atoms with Crippen molar-refractivity contribution in [2.45, 2.75) is 39.2 Å². The molecule has 1 saturated heterocycles. The number of likely N-dealkylation sites (tertiary alicyclic amines) is 1. The van der Waals surface area contributed by atoms with Crippen LogP contribution in [0.15, 0.2) is 24.4 Å². The summed E-state index contributed by atoms with van der Waals surface area (Å²) in [4.78, 5) is 22.4. The van der Waals surface area contributed by atoms with Crippen molar-refractivity contribution >= 4 is 17.0 Å². The van der Waals surface area contributed by atoms with Crippen LogP contribution in [0.25, 0.3) is 10.9 Å². The first-order valence-electron chi connectivity index (χ1n) is 7.53. The van der Waals surface area contributed by atoms with Gasteiger partial charge in [-0.1, -0.05) is 12.1 Å². The van der Waals surface area contributed by atoms with Gasteiger partial charge in [0.05, 0.1) is 5.52 Å². The lowest BCUT2D eigenvalue weighted by molar-refractivity contribution is 0.00821. The van der Waals surface area contributed by atoms with Gasteiger partial charge in [0.15, 0.2) is 0 Å². The summed E-state index contributed by atoms with van der Waals surface area (Å²) in [6, 6.07) is 6.24. The molecule has 0 radical (unpaired) electrons. The monoisotopic (exact) mass is 299 g/mol. The van der Waals surface area contributed by atoms with Crippen molar-refractivity contribution in [2.75, 3.05) is 13.1 Å². The number of rotatable bonds is 1. The van der Waals surface area contributed by atoms with Gasteiger partial charge in [0.2, 0.25) is 0 Å². The van der Waals surface area contributed by atoms with Crippen LogP contribution in [-0.4, -0.2) is 39.7 Å². The molecular weight excluding hydrogens is 278 g/mol. The Morgan fingerprint density at radius 1 is 1.32 bits per heavy atom. The van der Waals surface area contributed by atoms with Crippen molar-refractivity contribution in [1.82, 2.24) is 14.9 Å². The van der Waals surface area contributed by atoms with E-state index in [1.807, 2.05) is 40.0 Å². The Balaban J connectivity index is 1.69. The Kier molecular flexibility index (Phi) is 3.51. The minimum atomic E-state index is -0.445. The Morgan fingerprint density at radius 3 is 2.73 bits per heavy atom. The van der Waals surface area contributed by atoms with E-state index in [1.165, 1.54) is 5.56 Å². The molecule has 5 heteroatoms. The van der Waals surface area contributed by atoms with Crippen molar-refractivity contribution in [1.29, 1.82) is 0 Å². The molecule has 0 saturated carbocycles. The van der Waals surface area contributed by atoms with Crippen LogP contribution in [0.4, 0.5) is 4.79 Å². The van der Waals surface area contributed by atoms with Gasteiger partial charge in [0.25, 0.3) is 0 Å². The van der Waals surface area contributed by atoms with Crippen molar-refractivity contribution in [3.63, 3.8) is 0 Å². The number of hydrogen-bond donors (Lipinski definition) is 0. The van der Waals surface area contributed by atoms with Crippen molar-refractivity contribution in [3.8, 4) is 0 Å². The van der Waals surface area contributed by atoms with Gasteiger partial charge in [0, 0.05) is 30.6 Å². The highest BCUT2D eigenvalue weighted by molar-refractivity contribution is 5.78. The maximum absolute atomic E-state index is 12.0. The van der Waals surface area contributed by atoms with Crippen LogP contribution in [0.5, 0.6) is 0 Å². The van der Waals surface area contributed by atoms with Crippen molar-refractivity contribution in [2.24, 2.45) is 0 Å². The van der Waals surface area contributed by atoms with Crippen LogP contribution in [-0.2, 0) is 4.74 Å². The van der Waals surface area contributed by atoms with E-state index in [0.29, 0.717) is 19.0 Å². The number of fused-ring (bicyclic) bond motifs is 1. The summed E-state index contributed by atoms with van der Waals surface area (Å²) in [5, 5.41) is 1.04. The molecule has 116 valence electrons. The summed E-state index contributed by atoms with van der Waals surface area (Å²) in [6.07, 6.45) is 1.61. The lowest BCUT2D eigenvalue weighted by Gasteiger charge is -2.40. The Hall–Kier alpha value is -2.17. The predicted molar refractivity (Wildman–Crippen MR) is 84.8 cm³/mol. The van der Waals surface area contributed by atoms with Crippen LogP contribution >= 0.6 is 0 Å². The van der Waals surface area contributed by atoms with E-state index in [0.717, 1.165) is 16.7 Å². The Bertz CT molecular complexity index is 715. The molecule has 3 rings (SSSR count). The lowest BCUT2D eigenvalue weighted by atomic mass is 9.91. The van der Waals surface area contributed by atoms with Crippen molar-refractivity contribution in [3.05, 3.63) is 35.8 Å². The second-order valence-corrected chi connectivity index (χ2v) is 6.82. The molecular formula is C17H21N3O2. The number of hydrogen-bond acceptors (Lipinski definition) is 4. The van der Waals surface area contributed by atoms with Crippen LogP contribution in [0.1, 0.15) is 38.1 Å². The summed E-state index contributed by atoms with van der Waals surface area (Å²) in [7, 11) is 0. The normalized spacial score (nSPS) is 15.7. The van der Waals surface area contributed by atoms with E-state index in [1.54, 1.807) is 4.90 Å². The molecule has 1 aliphatic rings. The van der Waals surface area contributed by atoms with Crippen LogP contribution in [0.2, 0.25) is 0 Å². The van der Waals surface area contributed by atoms with Crippen molar-refractivity contribution < 1.29 is 9.53 Å². The molecule has 0 bridgehead atoms. The van der Waals surface area contributed by atoms with E-state index in [-0.39, 0.29) is 6.09 Å². The average molecular weight is 299 g/mol. The first-order valence-corrected chi connectivity index (χ1v) is 7.53. The third kappa shape index (κ3) is 3.03. The number of carbonyl (C=O) groups is 1. The third-order valence-corrected chi connectivity index (χ3v) is 3.73. The van der Waals surface area contributed by atoms with Gasteiger partial charge in [-0.3, -0.25) is 0 Å². The summed E-state index contributed by atoms with van der Waals surface area (Å²) in [6.45, 7) is 8.93. The highest BCUT2D eigenvalue weighted by Gasteiger charge is 2.34. The second kappa shape index (κ2) is 5.23. The van der Waals surface area contributed by atoms with Gasteiger partial charge in [-0.15, -0.1) is 0 Å². The first-order chi connectivity index (χ1) is 10.3. The fourth-order valence-electron chi connectivity index (χ4n) is 2.55. The van der Waals surface area contributed by atoms with Gasteiger partial charge in [-0.05, 0) is 39.3 Å². The number of benzene rings is 1. The summed E-state index contributed by atoms with van der Waals surface area (Å²) >= 11 is 0. The minimum Gasteiger partial charge on any atom is -0.444 e. The summed E-state index contributed by atoms with van der Waals surface area (Å²) in [5.41, 5.74) is 1.73. The summed E-state index contributed by atoms with van der Waals surface area (Å²) in [5.74, 6) is 1.13. The molecule has 5 nitrogen and oxygen atoms in total. The van der Waals surface area contributed by atoms with Gasteiger partial charge in [0.1, 0.15) is 11.4 Å². The third-order valence-electron chi connectivity index (χ3n) is 3.73. The number of aromatic nitrogens is 2. The highest BCUT2D eigenvalue weighted by atomic mass is 16.6. The molecule has 0 unspecified atom stereocenters. The predicted octanol–water partition coefficient (Wildman–Crippen LogP) is 3.27. The molecule has 1 amide bonds. The molecule has 1 aliphatic heterocycles. The van der Waals surface area contributed by atoms with E-state index in [4.69, 9.17) is 4.74 Å². The fraction of sp³-hybridized carbons (Fsp3) is 0.471. The average Bonchev–Trinajstić information content (AvgIpc) is 2.34. The molecule has 1 aromatic heterocycles. The molecule has 0 N–H and O–H groups in total. The zero-order valence-corrected chi connectivity index (χ0v) is 13.5. The fourth-order valence-corrected chi connectivity index (χ4v) is 2.55. The van der Waals surface area contributed by atoms with Crippen LogP contribution < -0.4 is 0 Å². The molecule has 22 heavy (non-hydrogen) atoms. The summed E-state index contributed by atoms with van der Waals surface area (Å²) < 4.78 is 5.38. The standard InChI is InChI=1S/C17H21N3O2/c1-11-18-8-13-6-5-12(7-15(13)19-11)14-9-20(10-14)16(21)22-17(2,3)4/h5-8,14H,9-10H2,1-4H3. The van der Waals surface area contributed by atoms with Crippen LogP contribution in [0, 0.1) is 6.92 Å². The van der Waals surface area contributed by atoms with Gasteiger partial charge >= 0.3 is 6.09 Å². The minimum absolute atomic E-state index is 0.234. The Morgan fingerprint density at radius 2 is 2.05 bits per heavy atom. The van der Waals surface area contributed by atoms with E-state index >= 15 is 0 Å². The maximum atomic E-state index is 12.0. The van der Waals surface area contributed by atoms with Gasteiger partial charge in [-0.25, -0.2) is 14.8 Å². The smallest absolute Gasteiger partial charge is 0.410 e. The number of aryl methyl sites for hydroxylation is 1. The van der Waals surface area contributed by atoms with Gasteiger partial charge < -0.3 is 9.64 Å². The zero-order valence-electron chi connectivity index (χ0n) is 13.5. The maximum Gasteiger partial charge on any atom is 0.410 e. The van der Waals surface area contributed by atoms with Gasteiger partial charge in [-0.2, -0.15) is 0 Å². The van der Waals surface area contributed by atoms with Crippen LogP contribution in [0.3, 0.4) is 0 Å². The number of ether oxygens (including phenoxy) is 1.